The fourth-order valence-electron chi connectivity index (χ4n) is 2.92. The summed E-state index contributed by atoms with van der Waals surface area (Å²) >= 11 is 0. The van der Waals surface area contributed by atoms with Crippen molar-refractivity contribution in [3.63, 3.8) is 0 Å². The number of ether oxygens (including phenoxy) is 1. The van der Waals surface area contributed by atoms with Gasteiger partial charge >= 0.3 is 0 Å². The number of nitrogens with zero attached hydrogens (tertiary/aromatic N) is 3. The first-order valence-electron chi connectivity index (χ1n) is 9.64. The highest BCUT2D eigenvalue weighted by molar-refractivity contribution is 5.64. The minimum absolute atomic E-state index is 0.208. The number of rotatable bonds is 5. The van der Waals surface area contributed by atoms with Crippen molar-refractivity contribution in [1.29, 1.82) is 0 Å². The Balaban J connectivity index is 0.000000234. The Labute approximate surface area is 188 Å². The molecule has 0 bridgehead atoms. The van der Waals surface area contributed by atoms with Gasteiger partial charge in [0.15, 0.2) is 6.04 Å². The molecule has 0 aliphatic carbocycles. The van der Waals surface area contributed by atoms with Crippen molar-refractivity contribution in [3.8, 4) is 17.6 Å². The van der Waals surface area contributed by atoms with E-state index in [9.17, 15) is 35.4 Å². The molecule has 12 heteroatoms. The number of morpholine rings is 1. The summed E-state index contributed by atoms with van der Waals surface area (Å²) < 4.78 is 5.35. The van der Waals surface area contributed by atoms with Crippen molar-refractivity contribution in [2.24, 2.45) is 0 Å². The second-order valence-corrected chi connectivity index (χ2v) is 6.70. The molecule has 1 aliphatic heterocycles. The molecule has 33 heavy (non-hydrogen) atoms. The van der Waals surface area contributed by atoms with E-state index in [0.717, 1.165) is 31.9 Å². The standard InChI is InChI=1S/C15H17NO.C6H3N3O7/c1-2-15(16-10-12-17-13-11-16)9-8-14-6-4-3-5-7-14;10-6-4(8(13)14)1-3(7(11)12)2-5(6)9(15)16/h2-7,15H,1,10-13H2;1-2,10H. The Hall–Kier alpha value is -4.34. The van der Waals surface area contributed by atoms with Crippen molar-refractivity contribution in [3.05, 3.63) is 91.0 Å². The summed E-state index contributed by atoms with van der Waals surface area (Å²) in [7, 11) is 0. The summed E-state index contributed by atoms with van der Waals surface area (Å²) in [6.07, 6.45) is 1.94. The molecule has 3 rings (SSSR count). The highest BCUT2D eigenvalue weighted by atomic mass is 16.6. The molecule has 1 aliphatic rings. The summed E-state index contributed by atoms with van der Waals surface area (Å²) in [5.74, 6) is 5.05. The zero-order valence-corrected chi connectivity index (χ0v) is 17.3. The first kappa shape index (κ1) is 24.9. The Morgan fingerprint density at radius 1 is 0.970 bits per heavy atom. The number of quaternary nitrogens is 1. The molecular weight excluding hydrogens is 436 g/mol. The Morgan fingerprint density at radius 2 is 1.52 bits per heavy atom. The molecule has 1 N–H and O–H groups in total. The normalized spacial score (nSPS) is 13.9. The van der Waals surface area contributed by atoms with E-state index in [1.165, 1.54) is 4.90 Å². The van der Waals surface area contributed by atoms with Gasteiger partial charge in [-0.25, -0.2) is 0 Å². The van der Waals surface area contributed by atoms with E-state index in [2.05, 4.69) is 18.4 Å². The third-order valence-electron chi connectivity index (χ3n) is 4.60. The Morgan fingerprint density at radius 3 is 1.97 bits per heavy atom. The van der Waals surface area contributed by atoms with Gasteiger partial charge in [0.2, 0.25) is 0 Å². The maximum atomic E-state index is 11.1. The van der Waals surface area contributed by atoms with E-state index in [4.69, 9.17) is 4.74 Å². The molecule has 1 atom stereocenters. The molecule has 1 fully saturated rings. The maximum Gasteiger partial charge on any atom is 0.283 e. The quantitative estimate of drug-likeness (QED) is 0.301. The molecule has 12 nitrogen and oxygen atoms in total. The number of non-ortho nitro benzene ring substituents is 1. The van der Waals surface area contributed by atoms with Crippen molar-refractivity contribution in [1.82, 2.24) is 0 Å². The average Bonchev–Trinajstić information content (AvgIpc) is 2.81. The van der Waals surface area contributed by atoms with Crippen LogP contribution in [-0.4, -0.2) is 47.1 Å². The lowest BCUT2D eigenvalue weighted by atomic mass is 10.2. The number of hydrogen-bond donors (Lipinski definition) is 1. The van der Waals surface area contributed by atoms with Crippen LogP contribution in [0.2, 0.25) is 0 Å². The van der Waals surface area contributed by atoms with Crippen LogP contribution in [-0.2, 0) is 4.74 Å². The number of nitrogens with one attached hydrogen (secondary N) is 1. The molecule has 0 spiro atoms. The van der Waals surface area contributed by atoms with Gasteiger partial charge in [0.1, 0.15) is 13.1 Å². The number of nitro benzene ring substituents is 3. The van der Waals surface area contributed by atoms with E-state index < -0.39 is 37.6 Å². The molecule has 2 aromatic rings. The molecule has 2 aromatic carbocycles. The summed E-state index contributed by atoms with van der Waals surface area (Å²) in [5, 5.41) is 42.1. The monoisotopic (exact) mass is 456 g/mol. The van der Waals surface area contributed by atoms with Crippen molar-refractivity contribution >= 4 is 17.1 Å². The molecule has 172 valence electrons. The Bertz CT molecular complexity index is 1050. The van der Waals surface area contributed by atoms with Gasteiger partial charge in [0, 0.05) is 5.56 Å². The zero-order valence-electron chi connectivity index (χ0n) is 17.3. The van der Waals surface area contributed by atoms with Gasteiger partial charge in [-0.05, 0) is 24.1 Å². The van der Waals surface area contributed by atoms with Crippen LogP contribution in [0.5, 0.6) is 5.75 Å². The van der Waals surface area contributed by atoms with E-state index >= 15 is 0 Å². The predicted molar refractivity (Wildman–Crippen MR) is 115 cm³/mol. The molecule has 1 heterocycles. The van der Waals surface area contributed by atoms with Gasteiger partial charge in [-0.1, -0.05) is 30.7 Å². The maximum absolute atomic E-state index is 11.1. The smallest absolute Gasteiger partial charge is 0.283 e. The minimum atomic E-state index is -1.46. The van der Waals surface area contributed by atoms with E-state index in [1.807, 2.05) is 36.4 Å². The summed E-state index contributed by atoms with van der Waals surface area (Å²) in [6.45, 7) is 7.56. The highest BCUT2D eigenvalue weighted by Crippen LogP contribution is 2.36. The van der Waals surface area contributed by atoms with E-state index in [-0.39, 0.29) is 6.04 Å². The van der Waals surface area contributed by atoms with Gasteiger partial charge in [0.05, 0.1) is 45.9 Å². The third-order valence-corrected chi connectivity index (χ3v) is 4.60. The lowest BCUT2D eigenvalue weighted by Crippen LogP contribution is -3.17. The third kappa shape index (κ3) is 7.10. The van der Waals surface area contributed by atoms with Gasteiger partial charge in [-0.15, -0.1) is 0 Å². The van der Waals surface area contributed by atoms with E-state index in [1.54, 1.807) is 0 Å². The minimum Gasteiger partial charge on any atom is -0.863 e. The summed E-state index contributed by atoms with van der Waals surface area (Å²) in [5.41, 5.74) is -2.20. The highest BCUT2D eigenvalue weighted by Gasteiger charge is 2.24. The van der Waals surface area contributed by atoms with Crippen LogP contribution in [0.4, 0.5) is 17.1 Å². The summed E-state index contributed by atoms with van der Waals surface area (Å²) in [4.78, 5) is 29.0. The van der Waals surface area contributed by atoms with Crippen LogP contribution in [0.25, 0.3) is 0 Å². The molecule has 0 amide bonds. The lowest BCUT2D eigenvalue weighted by molar-refractivity contribution is -0.918. The molecule has 1 unspecified atom stereocenters. The van der Waals surface area contributed by atoms with Crippen molar-refractivity contribution < 1.29 is 29.5 Å². The van der Waals surface area contributed by atoms with Crippen LogP contribution in [0, 0.1) is 42.2 Å². The van der Waals surface area contributed by atoms with Crippen LogP contribution >= 0.6 is 0 Å². The second-order valence-electron chi connectivity index (χ2n) is 6.70. The number of nitro groups is 3. The van der Waals surface area contributed by atoms with Crippen LogP contribution < -0.4 is 10.0 Å². The largest absolute Gasteiger partial charge is 0.863 e. The van der Waals surface area contributed by atoms with Crippen molar-refractivity contribution in [2.45, 2.75) is 6.04 Å². The molecule has 0 saturated carbocycles. The topological polar surface area (TPSA) is 166 Å². The van der Waals surface area contributed by atoms with Gasteiger partial charge in [-0.3, -0.25) is 30.3 Å². The first-order valence-corrected chi connectivity index (χ1v) is 9.64. The van der Waals surface area contributed by atoms with Crippen molar-refractivity contribution in [2.75, 3.05) is 26.3 Å². The summed E-state index contributed by atoms with van der Waals surface area (Å²) in [6, 6.07) is 11.1. The van der Waals surface area contributed by atoms with Crippen LogP contribution in [0.15, 0.2) is 55.1 Å². The van der Waals surface area contributed by atoms with Crippen LogP contribution in [0.3, 0.4) is 0 Å². The fourth-order valence-corrected chi connectivity index (χ4v) is 2.92. The first-order chi connectivity index (χ1) is 15.7. The van der Waals surface area contributed by atoms with E-state index in [0.29, 0.717) is 12.1 Å². The molecule has 0 radical (unpaired) electrons. The molecule has 1 saturated heterocycles. The Kier molecular flexibility index (Phi) is 8.98. The van der Waals surface area contributed by atoms with Crippen LogP contribution in [0.1, 0.15) is 5.56 Å². The zero-order chi connectivity index (χ0) is 24.4. The van der Waals surface area contributed by atoms with Gasteiger partial charge in [0.25, 0.3) is 17.1 Å². The fraction of sp³-hybridized carbons (Fsp3) is 0.238. The van der Waals surface area contributed by atoms with Gasteiger partial charge in [-0.2, -0.15) is 0 Å². The second kappa shape index (κ2) is 11.9. The molecule has 0 aromatic heterocycles. The SMILES string of the molecule is C=CC(C#Cc1ccccc1)[NH+]1CCOCC1.O=[N+]([O-])c1cc([N+](=O)[O-])c([O-])c([N+](=O)[O-])c1. The molecular formula is C21H20N4O8. The predicted octanol–water partition coefficient (Wildman–Crippen LogP) is 0.993. The average molecular weight is 456 g/mol. The lowest BCUT2D eigenvalue weighted by Gasteiger charge is -2.26. The number of benzene rings is 2. The van der Waals surface area contributed by atoms with Gasteiger partial charge < -0.3 is 14.7 Å². The number of hydrogen-bond acceptors (Lipinski definition) is 8.